The third-order valence-electron chi connectivity index (χ3n) is 8.69. The third-order valence-corrected chi connectivity index (χ3v) is 8.69. The molecule has 2 saturated carbocycles. The zero-order chi connectivity index (χ0) is 16.7. The van der Waals surface area contributed by atoms with E-state index in [4.69, 9.17) is 0 Å². The molecule has 4 rings (SSSR count). The van der Waals surface area contributed by atoms with Gasteiger partial charge in [0, 0.05) is 0 Å². The standard InChI is InChI=1S/C21H30O2/c1-18-11-12-20(3)17(8-10-21(20,4)23)19(18,2)9-7-14-13-15(22)5-6-16(14)18/h5-6,13,17,22-23H,7-12H2,1-4H3. The van der Waals surface area contributed by atoms with Gasteiger partial charge < -0.3 is 10.2 Å². The summed E-state index contributed by atoms with van der Waals surface area (Å²) in [5.41, 5.74) is 2.66. The topological polar surface area (TPSA) is 40.5 Å². The Morgan fingerprint density at radius 3 is 2.43 bits per heavy atom. The summed E-state index contributed by atoms with van der Waals surface area (Å²) >= 11 is 0. The number of benzene rings is 1. The maximum atomic E-state index is 11.0. The van der Waals surface area contributed by atoms with Crippen LogP contribution in [0.25, 0.3) is 0 Å². The summed E-state index contributed by atoms with van der Waals surface area (Å²) in [6.45, 7) is 9.32. The molecule has 23 heavy (non-hydrogen) atoms. The molecule has 0 aliphatic heterocycles. The van der Waals surface area contributed by atoms with Gasteiger partial charge in [0.05, 0.1) is 5.60 Å². The molecule has 0 saturated heterocycles. The number of hydrogen-bond acceptors (Lipinski definition) is 2. The molecule has 0 bridgehead atoms. The van der Waals surface area contributed by atoms with Crippen molar-refractivity contribution in [1.29, 1.82) is 0 Å². The van der Waals surface area contributed by atoms with E-state index in [9.17, 15) is 10.2 Å². The molecule has 0 heterocycles. The zero-order valence-corrected chi connectivity index (χ0v) is 14.9. The highest BCUT2D eigenvalue weighted by atomic mass is 16.3. The van der Waals surface area contributed by atoms with E-state index in [1.807, 2.05) is 12.1 Å². The van der Waals surface area contributed by atoms with E-state index in [0.717, 1.165) is 38.5 Å². The van der Waals surface area contributed by atoms with Crippen molar-refractivity contribution in [2.45, 2.75) is 77.2 Å². The molecule has 1 aromatic carbocycles. The Balaban J connectivity index is 1.86. The molecule has 2 fully saturated rings. The van der Waals surface area contributed by atoms with Crippen molar-refractivity contribution < 1.29 is 10.2 Å². The first-order chi connectivity index (χ1) is 10.6. The van der Waals surface area contributed by atoms with Crippen molar-refractivity contribution in [2.24, 2.45) is 16.7 Å². The molecule has 5 atom stereocenters. The Hall–Kier alpha value is -1.02. The number of rotatable bonds is 0. The number of phenolic OH excluding ortho intramolecular Hbond substituents is 1. The van der Waals surface area contributed by atoms with Crippen LogP contribution in [0.15, 0.2) is 18.2 Å². The van der Waals surface area contributed by atoms with Gasteiger partial charge in [-0.1, -0.05) is 26.8 Å². The highest BCUT2D eigenvalue weighted by molar-refractivity contribution is 5.44. The number of aliphatic hydroxyl groups is 1. The second kappa shape index (κ2) is 4.33. The van der Waals surface area contributed by atoms with Crippen LogP contribution < -0.4 is 0 Å². The van der Waals surface area contributed by atoms with Crippen LogP contribution in [0, 0.1) is 16.7 Å². The van der Waals surface area contributed by atoms with E-state index in [1.165, 1.54) is 11.1 Å². The summed E-state index contributed by atoms with van der Waals surface area (Å²) < 4.78 is 0. The Bertz CT molecular complexity index is 664. The summed E-state index contributed by atoms with van der Waals surface area (Å²) in [7, 11) is 0. The van der Waals surface area contributed by atoms with Crippen LogP contribution in [0.3, 0.4) is 0 Å². The van der Waals surface area contributed by atoms with Crippen LogP contribution in [0.5, 0.6) is 5.75 Å². The van der Waals surface area contributed by atoms with Gasteiger partial charge in [0.1, 0.15) is 5.75 Å². The highest BCUT2D eigenvalue weighted by Crippen LogP contribution is 2.71. The van der Waals surface area contributed by atoms with Gasteiger partial charge in [-0.2, -0.15) is 0 Å². The summed E-state index contributed by atoms with van der Waals surface area (Å²) in [6.07, 6.45) is 6.51. The van der Waals surface area contributed by atoms with Crippen molar-refractivity contribution in [3.8, 4) is 5.75 Å². The number of aromatic hydroxyl groups is 1. The maximum absolute atomic E-state index is 11.0. The molecule has 0 amide bonds. The molecule has 126 valence electrons. The molecular formula is C21H30O2. The number of fused-ring (bicyclic) bond motifs is 5. The van der Waals surface area contributed by atoms with Crippen LogP contribution in [0.4, 0.5) is 0 Å². The molecule has 3 aliphatic rings. The van der Waals surface area contributed by atoms with E-state index in [0.29, 0.717) is 11.7 Å². The number of phenols is 1. The predicted molar refractivity (Wildman–Crippen MR) is 92.6 cm³/mol. The molecule has 3 aliphatic carbocycles. The first-order valence-corrected chi connectivity index (χ1v) is 9.19. The predicted octanol–water partition coefficient (Wildman–Crippen LogP) is 4.56. The molecule has 2 nitrogen and oxygen atoms in total. The number of aryl methyl sites for hydroxylation is 1. The molecule has 0 spiro atoms. The lowest BCUT2D eigenvalue weighted by Crippen LogP contribution is -2.60. The largest absolute Gasteiger partial charge is 0.508 e. The Labute approximate surface area is 139 Å². The second-order valence-electron chi connectivity index (χ2n) is 9.37. The van der Waals surface area contributed by atoms with Gasteiger partial charge >= 0.3 is 0 Å². The van der Waals surface area contributed by atoms with Crippen LogP contribution in [-0.4, -0.2) is 15.8 Å². The van der Waals surface area contributed by atoms with Crippen LogP contribution in [0.1, 0.15) is 70.9 Å². The fourth-order valence-electron chi connectivity index (χ4n) is 6.66. The van der Waals surface area contributed by atoms with Crippen LogP contribution in [0.2, 0.25) is 0 Å². The Morgan fingerprint density at radius 2 is 1.70 bits per heavy atom. The van der Waals surface area contributed by atoms with E-state index >= 15 is 0 Å². The van der Waals surface area contributed by atoms with Gasteiger partial charge in [-0.15, -0.1) is 0 Å². The summed E-state index contributed by atoms with van der Waals surface area (Å²) in [5, 5.41) is 20.9. The van der Waals surface area contributed by atoms with Gasteiger partial charge in [0.2, 0.25) is 0 Å². The average Bonchev–Trinajstić information content (AvgIpc) is 2.72. The van der Waals surface area contributed by atoms with Crippen LogP contribution >= 0.6 is 0 Å². The summed E-state index contributed by atoms with van der Waals surface area (Å²) in [5.74, 6) is 0.964. The quantitative estimate of drug-likeness (QED) is 0.737. The summed E-state index contributed by atoms with van der Waals surface area (Å²) in [6, 6.07) is 5.99. The van der Waals surface area contributed by atoms with Crippen molar-refractivity contribution in [3.63, 3.8) is 0 Å². The molecule has 0 aromatic heterocycles. The minimum absolute atomic E-state index is 0.0374. The number of hydrogen-bond donors (Lipinski definition) is 2. The Kier molecular flexibility index (Phi) is 2.92. The highest BCUT2D eigenvalue weighted by Gasteiger charge is 2.67. The smallest absolute Gasteiger partial charge is 0.115 e. The molecule has 5 unspecified atom stereocenters. The summed E-state index contributed by atoms with van der Waals surface area (Å²) in [4.78, 5) is 0. The lowest BCUT2D eigenvalue weighted by Gasteiger charge is -2.63. The van der Waals surface area contributed by atoms with Crippen molar-refractivity contribution >= 4 is 0 Å². The average molecular weight is 314 g/mol. The van der Waals surface area contributed by atoms with Crippen LogP contribution in [-0.2, 0) is 11.8 Å². The van der Waals surface area contributed by atoms with E-state index in [2.05, 4.69) is 33.8 Å². The molecule has 2 heteroatoms. The normalized spacial score (nSPS) is 48.5. The molecule has 1 aromatic rings. The van der Waals surface area contributed by atoms with Gasteiger partial charge in [-0.3, -0.25) is 0 Å². The lowest BCUT2D eigenvalue weighted by molar-refractivity contribution is -0.137. The van der Waals surface area contributed by atoms with E-state index < -0.39 is 5.60 Å². The van der Waals surface area contributed by atoms with Crippen molar-refractivity contribution in [3.05, 3.63) is 29.3 Å². The molecule has 2 N–H and O–H groups in total. The maximum Gasteiger partial charge on any atom is 0.115 e. The van der Waals surface area contributed by atoms with Gasteiger partial charge in [-0.05, 0) is 90.9 Å². The zero-order valence-electron chi connectivity index (χ0n) is 14.9. The second-order valence-corrected chi connectivity index (χ2v) is 9.37. The molecular weight excluding hydrogens is 284 g/mol. The molecule has 0 radical (unpaired) electrons. The first-order valence-electron chi connectivity index (χ1n) is 9.19. The minimum atomic E-state index is -0.531. The Morgan fingerprint density at radius 1 is 0.957 bits per heavy atom. The fraction of sp³-hybridized carbons (Fsp3) is 0.714. The minimum Gasteiger partial charge on any atom is -0.508 e. The first kappa shape index (κ1) is 15.5. The van der Waals surface area contributed by atoms with E-state index in [1.54, 1.807) is 0 Å². The third kappa shape index (κ3) is 1.68. The SMILES string of the molecule is CC1(O)CCC2C1(C)CCC1(C)c3ccc(O)cc3CCC21C. The monoisotopic (exact) mass is 314 g/mol. The van der Waals surface area contributed by atoms with E-state index in [-0.39, 0.29) is 16.2 Å². The van der Waals surface area contributed by atoms with Crippen molar-refractivity contribution in [2.75, 3.05) is 0 Å². The van der Waals surface area contributed by atoms with Gasteiger partial charge in [0.25, 0.3) is 0 Å². The fourth-order valence-corrected chi connectivity index (χ4v) is 6.66. The van der Waals surface area contributed by atoms with Gasteiger partial charge in [0.15, 0.2) is 0 Å². The lowest BCUT2D eigenvalue weighted by atomic mass is 9.41. The van der Waals surface area contributed by atoms with Gasteiger partial charge in [-0.25, -0.2) is 0 Å². The van der Waals surface area contributed by atoms with Crippen molar-refractivity contribution in [1.82, 2.24) is 0 Å².